The van der Waals surface area contributed by atoms with E-state index in [0.717, 1.165) is 7.11 Å². The number of primary amides is 1. The van der Waals surface area contributed by atoms with E-state index in [0.29, 0.717) is 5.56 Å². The van der Waals surface area contributed by atoms with Crippen molar-refractivity contribution in [1.82, 2.24) is 0 Å². The van der Waals surface area contributed by atoms with Gasteiger partial charge in [0.25, 0.3) is 0 Å². The fourth-order valence-corrected chi connectivity index (χ4v) is 2.00. The van der Waals surface area contributed by atoms with Crippen LogP contribution in [0.1, 0.15) is 12.0 Å². The highest BCUT2D eigenvalue weighted by Gasteiger charge is 2.45. The molecule has 0 saturated heterocycles. The number of amides is 1. The molecule has 1 amide bonds. The summed E-state index contributed by atoms with van der Waals surface area (Å²) in [5.74, 6) is -2.43. The zero-order valence-corrected chi connectivity index (χ0v) is 11.7. The maximum absolute atomic E-state index is 12.3. The predicted octanol–water partition coefficient (Wildman–Crippen LogP) is -1.13. The molecule has 7 heteroatoms. The fraction of sp³-hybridized carbons (Fsp3) is 0.357. The maximum atomic E-state index is 12.3. The Labute approximate surface area is 122 Å². The van der Waals surface area contributed by atoms with Gasteiger partial charge < -0.3 is 21.9 Å². The minimum absolute atomic E-state index is 0.0776. The lowest BCUT2D eigenvalue weighted by molar-refractivity contribution is -0.152. The van der Waals surface area contributed by atoms with Crippen molar-refractivity contribution in [2.75, 3.05) is 7.11 Å². The first kappa shape index (κ1) is 16.8. The van der Waals surface area contributed by atoms with Crippen LogP contribution in [0.15, 0.2) is 30.3 Å². The smallest absolute Gasteiger partial charge is 0.334 e. The Bertz CT molecular complexity index is 532. The Kier molecular flexibility index (Phi) is 5.57. The van der Waals surface area contributed by atoms with Crippen molar-refractivity contribution >= 4 is 17.7 Å². The first-order valence-electron chi connectivity index (χ1n) is 6.30. The molecule has 1 aromatic rings. The molecule has 2 unspecified atom stereocenters. The SMILES string of the molecule is COC(=O)C(N)(Cc1ccccc1)C(=O)C(N)CC(N)=O. The molecule has 6 N–H and O–H groups in total. The van der Waals surface area contributed by atoms with Crippen LogP contribution >= 0.6 is 0 Å². The standard InChI is InChI=1S/C14H19N3O4/c1-21-13(20)14(17,8-9-5-3-2-4-6-9)12(19)10(15)7-11(16)18/h2-6,10H,7-8,15,17H2,1H3,(H2,16,18). The monoisotopic (exact) mass is 293 g/mol. The molecular formula is C14H19N3O4. The molecule has 114 valence electrons. The quantitative estimate of drug-likeness (QED) is 0.429. The van der Waals surface area contributed by atoms with Crippen LogP contribution in [0.4, 0.5) is 0 Å². The third kappa shape index (κ3) is 4.11. The van der Waals surface area contributed by atoms with Crippen molar-refractivity contribution < 1.29 is 19.1 Å². The zero-order chi connectivity index (χ0) is 16.0. The van der Waals surface area contributed by atoms with Crippen molar-refractivity contribution in [3.05, 3.63) is 35.9 Å². The number of methoxy groups -OCH3 is 1. The van der Waals surface area contributed by atoms with Gasteiger partial charge in [0.15, 0.2) is 11.3 Å². The van der Waals surface area contributed by atoms with Crippen molar-refractivity contribution in [2.24, 2.45) is 17.2 Å². The van der Waals surface area contributed by atoms with Crippen LogP contribution in [0.25, 0.3) is 0 Å². The maximum Gasteiger partial charge on any atom is 0.334 e. The number of carbonyl (C=O) groups excluding carboxylic acids is 3. The highest BCUT2D eigenvalue weighted by molar-refractivity contribution is 6.11. The van der Waals surface area contributed by atoms with Crippen LogP contribution < -0.4 is 17.2 Å². The van der Waals surface area contributed by atoms with Gasteiger partial charge >= 0.3 is 5.97 Å². The van der Waals surface area contributed by atoms with Gasteiger partial charge in [0.2, 0.25) is 5.91 Å². The molecule has 0 fully saturated rings. The second-order valence-corrected chi connectivity index (χ2v) is 4.77. The van der Waals surface area contributed by atoms with Crippen LogP contribution in [0.5, 0.6) is 0 Å². The lowest BCUT2D eigenvalue weighted by Crippen LogP contribution is -2.62. The third-order valence-corrected chi connectivity index (χ3v) is 3.07. The Morgan fingerprint density at radius 1 is 1.24 bits per heavy atom. The van der Waals surface area contributed by atoms with Crippen molar-refractivity contribution in [1.29, 1.82) is 0 Å². The summed E-state index contributed by atoms with van der Waals surface area (Å²) in [6.45, 7) is 0. The molecular weight excluding hydrogens is 274 g/mol. The van der Waals surface area contributed by atoms with E-state index in [1.807, 2.05) is 0 Å². The zero-order valence-electron chi connectivity index (χ0n) is 11.7. The number of hydrogen-bond donors (Lipinski definition) is 3. The number of hydrogen-bond acceptors (Lipinski definition) is 6. The number of nitrogens with two attached hydrogens (primary N) is 3. The second kappa shape index (κ2) is 6.96. The summed E-state index contributed by atoms with van der Waals surface area (Å²) < 4.78 is 4.61. The summed E-state index contributed by atoms with van der Waals surface area (Å²) in [5.41, 5.74) is 15.3. The minimum atomic E-state index is -1.95. The largest absolute Gasteiger partial charge is 0.467 e. The molecule has 0 heterocycles. The van der Waals surface area contributed by atoms with Crippen LogP contribution in [0.2, 0.25) is 0 Å². The Hall–Kier alpha value is -2.25. The molecule has 1 rings (SSSR count). The molecule has 1 aromatic carbocycles. The van der Waals surface area contributed by atoms with Gasteiger partial charge in [-0.05, 0) is 5.56 Å². The number of benzene rings is 1. The van der Waals surface area contributed by atoms with Gasteiger partial charge in [0.05, 0.1) is 13.2 Å². The normalized spacial score (nSPS) is 14.8. The molecule has 2 atom stereocenters. The minimum Gasteiger partial charge on any atom is -0.467 e. The number of esters is 1. The molecule has 21 heavy (non-hydrogen) atoms. The molecule has 7 nitrogen and oxygen atoms in total. The number of carbonyl (C=O) groups is 3. The topological polar surface area (TPSA) is 138 Å². The molecule has 0 saturated carbocycles. The van der Waals surface area contributed by atoms with E-state index in [9.17, 15) is 14.4 Å². The van der Waals surface area contributed by atoms with E-state index in [1.54, 1.807) is 30.3 Å². The highest BCUT2D eigenvalue weighted by Crippen LogP contribution is 2.16. The van der Waals surface area contributed by atoms with Crippen molar-refractivity contribution in [2.45, 2.75) is 24.4 Å². The summed E-state index contributed by atoms with van der Waals surface area (Å²) in [7, 11) is 1.13. The first-order valence-corrected chi connectivity index (χ1v) is 6.30. The van der Waals surface area contributed by atoms with E-state index >= 15 is 0 Å². The lowest BCUT2D eigenvalue weighted by atomic mass is 9.83. The highest BCUT2D eigenvalue weighted by atomic mass is 16.5. The van der Waals surface area contributed by atoms with Gasteiger partial charge in [0.1, 0.15) is 0 Å². The number of ether oxygens (including phenoxy) is 1. The van der Waals surface area contributed by atoms with E-state index < -0.39 is 29.2 Å². The summed E-state index contributed by atoms with van der Waals surface area (Å²) in [5, 5.41) is 0. The Morgan fingerprint density at radius 2 is 1.81 bits per heavy atom. The van der Waals surface area contributed by atoms with Crippen LogP contribution in [0.3, 0.4) is 0 Å². The fourth-order valence-electron chi connectivity index (χ4n) is 2.00. The van der Waals surface area contributed by atoms with E-state index in [2.05, 4.69) is 4.74 Å². The Morgan fingerprint density at radius 3 is 2.29 bits per heavy atom. The van der Waals surface area contributed by atoms with Crippen LogP contribution in [-0.4, -0.2) is 36.4 Å². The summed E-state index contributed by atoms with van der Waals surface area (Å²) in [6, 6.07) is 7.48. The van der Waals surface area contributed by atoms with E-state index in [4.69, 9.17) is 17.2 Å². The van der Waals surface area contributed by atoms with Gasteiger partial charge in [-0.25, -0.2) is 4.79 Å². The van der Waals surface area contributed by atoms with Gasteiger partial charge in [-0.3, -0.25) is 9.59 Å². The van der Waals surface area contributed by atoms with Gasteiger partial charge in [0, 0.05) is 12.8 Å². The van der Waals surface area contributed by atoms with Crippen LogP contribution in [-0.2, 0) is 25.5 Å². The average Bonchev–Trinajstić information content (AvgIpc) is 2.45. The molecule has 0 bridgehead atoms. The molecule has 0 aliphatic heterocycles. The average molecular weight is 293 g/mol. The molecule has 0 aliphatic carbocycles. The number of Topliss-reactive ketones (excluding diaryl/α,β-unsaturated/α-hetero) is 1. The van der Waals surface area contributed by atoms with E-state index in [1.165, 1.54) is 0 Å². The van der Waals surface area contributed by atoms with Gasteiger partial charge in [-0.15, -0.1) is 0 Å². The van der Waals surface area contributed by atoms with Gasteiger partial charge in [-0.1, -0.05) is 30.3 Å². The molecule has 0 radical (unpaired) electrons. The number of rotatable bonds is 7. The van der Waals surface area contributed by atoms with Gasteiger partial charge in [-0.2, -0.15) is 0 Å². The molecule has 0 aliphatic rings. The lowest BCUT2D eigenvalue weighted by Gasteiger charge is -2.27. The van der Waals surface area contributed by atoms with E-state index in [-0.39, 0.29) is 12.8 Å². The number of ketones is 1. The predicted molar refractivity (Wildman–Crippen MR) is 75.9 cm³/mol. The summed E-state index contributed by atoms with van der Waals surface area (Å²) in [4.78, 5) is 35.1. The third-order valence-electron chi connectivity index (χ3n) is 3.07. The second-order valence-electron chi connectivity index (χ2n) is 4.77. The summed E-state index contributed by atoms with van der Waals surface area (Å²) >= 11 is 0. The van der Waals surface area contributed by atoms with Crippen LogP contribution in [0, 0.1) is 0 Å². The summed E-state index contributed by atoms with van der Waals surface area (Å²) in [6.07, 6.45) is -0.463. The molecule has 0 aromatic heterocycles. The first-order chi connectivity index (χ1) is 9.81. The van der Waals surface area contributed by atoms with Crippen molar-refractivity contribution in [3.63, 3.8) is 0 Å². The Balaban J connectivity index is 3.06. The molecule has 0 spiro atoms. The van der Waals surface area contributed by atoms with Crippen molar-refractivity contribution in [3.8, 4) is 0 Å².